The normalized spacial score (nSPS) is 23.6. The zero-order valence-corrected chi connectivity index (χ0v) is 12.5. The fourth-order valence-corrected chi connectivity index (χ4v) is 3.62. The summed E-state index contributed by atoms with van der Waals surface area (Å²) in [7, 11) is 0. The fourth-order valence-electron chi connectivity index (χ4n) is 3.62. The molecule has 1 saturated carbocycles. The van der Waals surface area contributed by atoms with E-state index in [1.54, 1.807) is 0 Å². The number of amides is 1. The highest BCUT2D eigenvalue weighted by Gasteiger charge is 2.58. The highest BCUT2D eigenvalue weighted by molar-refractivity contribution is 5.97. The molecule has 1 unspecified atom stereocenters. The Labute approximate surface area is 121 Å². The standard InChI is InChI=1S/C17H24N2O/c1-3-19(14-6-4-5-13(2)11-14)16(20)15-12-17(15)7-9-18-10-8-17/h4-6,11,15,18H,3,7-10,12H2,1-2H3. The molecule has 1 saturated heterocycles. The average Bonchev–Trinajstić information content (AvgIpc) is 3.14. The van der Waals surface area contributed by atoms with Gasteiger partial charge in [0.2, 0.25) is 5.91 Å². The van der Waals surface area contributed by atoms with Crippen LogP contribution in [0, 0.1) is 18.3 Å². The minimum Gasteiger partial charge on any atom is -0.317 e. The number of hydrogen-bond acceptors (Lipinski definition) is 2. The van der Waals surface area contributed by atoms with Gasteiger partial charge in [0.25, 0.3) is 0 Å². The molecule has 1 N–H and O–H groups in total. The number of piperidine rings is 1. The summed E-state index contributed by atoms with van der Waals surface area (Å²) in [5.74, 6) is 0.588. The summed E-state index contributed by atoms with van der Waals surface area (Å²) in [4.78, 5) is 14.8. The Balaban J connectivity index is 1.75. The van der Waals surface area contributed by atoms with Crippen molar-refractivity contribution in [3.05, 3.63) is 29.8 Å². The smallest absolute Gasteiger partial charge is 0.230 e. The first kappa shape index (κ1) is 13.6. The second-order valence-corrected chi connectivity index (χ2v) is 6.29. The van der Waals surface area contributed by atoms with Gasteiger partial charge >= 0.3 is 0 Å². The molecule has 3 rings (SSSR count). The molecular weight excluding hydrogens is 248 g/mol. The molecule has 1 aliphatic heterocycles. The predicted molar refractivity (Wildman–Crippen MR) is 81.8 cm³/mol. The van der Waals surface area contributed by atoms with E-state index in [9.17, 15) is 4.79 Å². The number of anilines is 1. The maximum Gasteiger partial charge on any atom is 0.230 e. The van der Waals surface area contributed by atoms with Gasteiger partial charge in [-0.1, -0.05) is 12.1 Å². The third-order valence-corrected chi connectivity index (χ3v) is 4.98. The molecule has 3 heteroatoms. The average molecular weight is 272 g/mol. The van der Waals surface area contributed by atoms with Crippen molar-refractivity contribution in [3.63, 3.8) is 0 Å². The van der Waals surface area contributed by atoms with Gasteiger partial charge in [-0.15, -0.1) is 0 Å². The van der Waals surface area contributed by atoms with E-state index in [4.69, 9.17) is 0 Å². The minimum atomic E-state index is 0.255. The van der Waals surface area contributed by atoms with Crippen LogP contribution in [0.1, 0.15) is 31.7 Å². The first-order chi connectivity index (χ1) is 9.66. The van der Waals surface area contributed by atoms with E-state index in [0.717, 1.165) is 44.6 Å². The van der Waals surface area contributed by atoms with Crippen LogP contribution in [0.5, 0.6) is 0 Å². The molecule has 0 radical (unpaired) electrons. The summed E-state index contributed by atoms with van der Waals surface area (Å²) in [6.07, 6.45) is 3.42. The molecule has 3 nitrogen and oxygen atoms in total. The highest BCUT2D eigenvalue weighted by Crippen LogP contribution is 2.59. The molecule has 1 spiro atoms. The van der Waals surface area contributed by atoms with Gasteiger partial charge < -0.3 is 10.2 Å². The molecule has 1 amide bonds. The quantitative estimate of drug-likeness (QED) is 0.917. The van der Waals surface area contributed by atoms with Gasteiger partial charge in [-0.3, -0.25) is 4.79 Å². The van der Waals surface area contributed by atoms with Crippen LogP contribution in [0.3, 0.4) is 0 Å². The van der Waals surface area contributed by atoms with Gasteiger partial charge in [0.05, 0.1) is 0 Å². The Bertz CT molecular complexity index is 505. The van der Waals surface area contributed by atoms with Crippen molar-refractivity contribution in [1.82, 2.24) is 5.32 Å². The first-order valence-corrected chi connectivity index (χ1v) is 7.75. The number of benzene rings is 1. The fraction of sp³-hybridized carbons (Fsp3) is 0.588. The number of aryl methyl sites for hydroxylation is 1. The first-order valence-electron chi connectivity index (χ1n) is 7.75. The van der Waals surface area contributed by atoms with Crippen molar-refractivity contribution < 1.29 is 4.79 Å². The van der Waals surface area contributed by atoms with E-state index in [1.165, 1.54) is 5.56 Å². The zero-order chi connectivity index (χ0) is 14.2. The molecule has 0 bridgehead atoms. The van der Waals surface area contributed by atoms with E-state index in [1.807, 2.05) is 17.0 Å². The lowest BCUT2D eigenvalue weighted by Gasteiger charge is -2.26. The topological polar surface area (TPSA) is 32.3 Å². The van der Waals surface area contributed by atoms with Crippen LogP contribution in [0.4, 0.5) is 5.69 Å². The number of carbonyl (C=O) groups is 1. The van der Waals surface area contributed by atoms with Gasteiger partial charge in [-0.05, 0) is 69.3 Å². The summed E-state index contributed by atoms with van der Waals surface area (Å²) < 4.78 is 0. The lowest BCUT2D eigenvalue weighted by molar-refractivity contribution is -0.120. The van der Waals surface area contributed by atoms with E-state index in [0.29, 0.717) is 11.3 Å². The number of carbonyl (C=O) groups excluding carboxylic acids is 1. The maximum absolute atomic E-state index is 12.8. The molecule has 1 aromatic carbocycles. The Morgan fingerprint density at radius 2 is 2.15 bits per heavy atom. The molecule has 1 atom stereocenters. The van der Waals surface area contributed by atoms with Gasteiger partial charge in [0.15, 0.2) is 0 Å². The van der Waals surface area contributed by atoms with Crippen molar-refractivity contribution >= 4 is 11.6 Å². The molecule has 2 fully saturated rings. The van der Waals surface area contributed by atoms with Crippen LogP contribution < -0.4 is 10.2 Å². The molecule has 108 valence electrons. The Morgan fingerprint density at radius 1 is 1.40 bits per heavy atom. The van der Waals surface area contributed by atoms with Crippen LogP contribution >= 0.6 is 0 Å². The summed E-state index contributed by atoms with van der Waals surface area (Å²) in [5, 5.41) is 3.40. The molecule has 1 aliphatic carbocycles. The summed E-state index contributed by atoms with van der Waals surface area (Å²) in [5.41, 5.74) is 2.58. The number of nitrogens with one attached hydrogen (secondary N) is 1. The number of hydrogen-bond donors (Lipinski definition) is 1. The van der Waals surface area contributed by atoms with Crippen molar-refractivity contribution in [3.8, 4) is 0 Å². The third kappa shape index (κ3) is 2.35. The molecule has 1 heterocycles. The van der Waals surface area contributed by atoms with Gasteiger partial charge in [-0.25, -0.2) is 0 Å². The van der Waals surface area contributed by atoms with E-state index < -0.39 is 0 Å². The van der Waals surface area contributed by atoms with E-state index in [-0.39, 0.29) is 5.92 Å². The highest BCUT2D eigenvalue weighted by atomic mass is 16.2. The third-order valence-electron chi connectivity index (χ3n) is 4.98. The molecule has 0 aromatic heterocycles. The van der Waals surface area contributed by atoms with Crippen molar-refractivity contribution in [2.24, 2.45) is 11.3 Å². The molecule has 1 aromatic rings. The van der Waals surface area contributed by atoms with Crippen molar-refractivity contribution in [2.45, 2.75) is 33.1 Å². The zero-order valence-electron chi connectivity index (χ0n) is 12.5. The second-order valence-electron chi connectivity index (χ2n) is 6.29. The van der Waals surface area contributed by atoms with Gasteiger partial charge in [0.1, 0.15) is 0 Å². The van der Waals surface area contributed by atoms with Crippen LogP contribution in [0.2, 0.25) is 0 Å². The molecule has 2 aliphatic rings. The van der Waals surface area contributed by atoms with Crippen LogP contribution in [-0.2, 0) is 4.79 Å². The number of nitrogens with zero attached hydrogens (tertiary/aromatic N) is 1. The molecule has 20 heavy (non-hydrogen) atoms. The van der Waals surface area contributed by atoms with Gasteiger partial charge in [-0.2, -0.15) is 0 Å². The lowest BCUT2D eigenvalue weighted by Crippen LogP contribution is -2.36. The Morgan fingerprint density at radius 3 is 2.80 bits per heavy atom. The summed E-state index contributed by atoms with van der Waals surface area (Å²) >= 11 is 0. The molecular formula is C17H24N2O. The number of rotatable bonds is 3. The predicted octanol–water partition coefficient (Wildman–Crippen LogP) is 2.74. The van der Waals surface area contributed by atoms with Crippen molar-refractivity contribution in [1.29, 1.82) is 0 Å². The summed E-state index contributed by atoms with van der Waals surface area (Å²) in [6.45, 7) is 7.04. The van der Waals surface area contributed by atoms with E-state index in [2.05, 4.69) is 31.3 Å². The summed E-state index contributed by atoms with van der Waals surface area (Å²) in [6, 6.07) is 8.27. The lowest BCUT2D eigenvalue weighted by atomic mass is 9.91. The second kappa shape index (κ2) is 5.21. The van der Waals surface area contributed by atoms with Crippen LogP contribution in [0.25, 0.3) is 0 Å². The Hall–Kier alpha value is -1.35. The monoisotopic (exact) mass is 272 g/mol. The largest absolute Gasteiger partial charge is 0.317 e. The van der Waals surface area contributed by atoms with Gasteiger partial charge in [0, 0.05) is 18.2 Å². The SMILES string of the molecule is CCN(C(=O)C1CC12CCNCC2)c1cccc(C)c1. The van der Waals surface area contributed by atoms with E-state index >= 15 is 0 Å². The van der Waals surface area contributed by atoms with Crippen LogP contribution in [0.15, 0.2) is 24.3 Å². The van der Waals surface area contributed by atoms with Crippen molar-refractivity contribution in [2.75, 3.05) is 24.5 Å². The van der Waals surface area contributed by atoms with Crippen LogP contribution in [-0.4, -0.2) is 25.5 Å². The maximum atomic E-state index is 12.8. The minimum absolute atomic E-state index is 0.255. The Kier molecular flexibility index (Phi) is 3.55.